The molecule has 0 saturated carbocycles. The first-order chi connectivity index (χ1) is 5.07. The Morgan fingerprint density at radius 2 is 2.36 bits per heavy atom. The van der Waals surface area contributed by atoms with E-state index in [1.807, 2.05) is 0 Å². The van der Waals surface area contributed by atoms with Gasteiger partial charge in [-0.15, -0.1) is 11.6 Å². The lowest BCUT2D eigenvalue weighted by atomic mass is 10.3. The van der Waals surface area contributed by atoms with Crippen molar-refractivity contribution in [3.8, 4) is 0 Å². The summed E-state index contributed by atoms with van der Waals surface area (Å²) in [7, 11) is 0. The van der Waals surface area contributed by atoms with Gasteiger partial charge in [-0.25, -0.2) is 0 Å². The molecule has 11 heavy (non-hydrogen) atoms. The molecular weight excluding hydrogens is 170 g/mol. The van der Waals surface area contributed by atoms with E-state index in [9.17, 15) is 4.79 Å². The Hall–Kier alpha value is -0.320. The molecule has 0 aliphatic heterocycles. The van der Waals surface area contributed by atoms with Crippen LogP contribution in [0.2, 0.25) is 0 Å². The zero-order chi connectivity index (χ0) is 8.85. The highest BCUT2D eigenvalue weighted by Gasteiger charge is 2.12. The third-order valence-electron chi connectivity index (χ3n) is 1.09. The molecule has 0 saturated heterocycles. The van der Waals surface area contributed by atoms with Crippen LogP contribution in [0.15, 0.2) is 0 Å². The van der Waals surface area contributed by atoms with E-state index < -0.39 is 12.0 Å². The Labute approximate surface area is 70.3 Å². The summed E-state index contributed by atoms with van der Waals surface area (Å²) >= 11 is 5.40. The number of hydrogen-bond donors (Lipinski definition) is 2. The van der Waals surface area contributed by atoms with Crippen molar-refractivity contribution in [1.29, 1.82) is 0 Å². The van der Waals surface area contributed by atoms with Crippen molar-refractivity contribution in [3.63, 3.8) is 0 Å². The molecule has 66 valence electrons. The summed E-state index contributed by atoms with van der Waals surface area (Å²) in [5.41, 5.74) is 5.15. The maximum atomic E-state index is 10.2. The molecule has 0 heterocycles. The van der Waals surface area contributed by atoms with Crippen LogP contribution in [0.5, 0.6) is 0 Å². The molecule has 4 nitrogen and oxygen atoms in total. The van der Waals surface area contributed by atoms with Gasteiger partial charge < -0.3 is 15.6 Å². The molecule has 0 spiro atoms. The van der Waals surface area contributed by atoms with Crippen molar-refractivity contribution in [2.45, 2.75) is 19.1 Å². The molecule has 0 fully saturated rings. The Balaban J connectivity index is 3.45. The van der Waals surface area contributed by atoms with E-state index in [0.29, 0.717) is 5.88 Å². The van der Waals surface area contributed by atoms with E-state index in [4.69, 9.17) is 27.2 Å². The van der Waals surface area contributed by atoms with Gasteiger partial charge in [0.05, 0.1) is 12.7 Å². The second kappa shape index (κ2) is 5.35. The van der Waals surface area contributed by atoms with Gasteiger partial charge in [0, 0.05) is 5.88 Å². The molecule has 2 unspecified atom stereocenters. The molecule has 0 aromatic heterocycles. The van der Waals surface area contributed by atoms with Crippen molar-refractivity contribution in [3.05, 3.63) is 0 Å². The van der Waals surface area contributed by atoms with E-state index >= 15 is 0 Å². The molecule has 5 heteroatoms. The van der Waals surface area contributed by atoms with Crippen molar-refractivity contribution in [2.75, 3.05) is 12.5 Å². The average molecular weight is 182 g/mol. The minimum absolute atomic E-state index is 0.00319. The lowest BCUT2D eigenvalue weighted by molar-refractivity contribution is -0.140. The van der Waals surface area contributed by atoms with Crippen molar-refractivity contribution < 1.29 is 14.6 Å². The fourth-order valence-corrected chi connectivity index (χ4v) is 0.473. The predicted molar refractivity (Wildman–Crippen MR) is 41.7 cm³/mol. The lowest BCUT2D eigenvalue weighted by Gasteiger charge is -2.11. The summed E-state index contributed by atoms with van der Waals surface area (Å²) in [6, 6.07) is -0.958. The maximum Gasteiger partial charge on any atom is 0.322 e. The number of carboxylic acids is 1. The molecule has 2 atom stereocenters. The molecule has 0 aliphatic rings. The van der Waals surface area contributed by atoms with Crippen molar-refractivity contribution in [2.24, 2.45) is 5.73 Å². The van der Waals surface area contributed by atoms with E-state index in [1.54, 1.807) is 6.92 Å². The van der Waals surface area contributed by atoms with Crippen LogP contribution in [0.1, 0.15) is 6.92 Å². The maximum absolute atomic E-state index is 10.2. The van der Waals surface area contributed by atoms with Gasteiger partial charge in [0.2, 0.25) is 0 Å². The number of carbonyl (C=O) groups is 1. The SMILES string of the molecule is CC(CCl)OCC(N)C(=O)O. The summed E-state index contributed by atoms with van der Waals surface area (Å²) in [6.07, 6.45) is -0.151. The molecule has 0 aromatic carbocycles. The number of ether oxygens (including phenoxy) is 1. The second-order valence-electron chi connectivity index (χ2n) is 2.24. The Kier molecular flexibility index (Phi) is 5.19. The van der Waals surface area contributed by atoms with Crippen LogP contribution in [0.4, 0.5) is 0 Å². The summed E-state index contributed by atoms with van der Waals surface area (Å²) in [5.74, 6) is -0.724. The Bertz CT molecular complexity index is 131. The predicted octanol–water partition coefficient (Wildman–Crippen LogP) is 0.0422. The molecule has 3 N–H and O–H groups in total. The van der Waals surface area contributed by atoms with Gasteiger partial charge in [0.1, 0.15) is 6.04 Å². The lowest BCUT2D eigenvalue weighted by Crippen LogP contribution is -2.36. The number of rotatable bonds is 5. The molecule has 0 aromatic rings. The van der Waals surface area contributed by atoms with E-state index in [2.05, 4.69) is 0 Å². The van der Waals surface area contributed by atoms with Crippen LogP contribution < -0.4 is 5.73 Å². The third-order valence-corrected chi connectivity index (χ3v) is 1.53. The first kappa shape index (κ1) is 10.7. The summed E-state index contributed by atoms with van der Waals surface area (Å²) in [5, 5.41) is 8.33. The van der Waals surface area contributed by atoms with Gasteiger partial charge in [-0.2, -0.15) is 0 Å². The monoisotopic (exact) mass is 181 g/mol. The normalized spacial score (nSPS) is 15.9. The number of halogens is 1. The highest BCUT2D eigenvalue weighted by atomic mass is 35.5. The molecular formula is C6H12ClNO3. The zero-order valence-corrected chi connectivity index (χ0v) is 7.04. The number of carboxylic acid groups (broad SMARTS) is 1. The Morgan fingerprint density at radius 3 is 2.73 bits per heavy atom. The minimum atomic E-state index is -1.06. The molecule has 0 radical (unpaired) electrons. The topological polar surface area (TPSA) is 72.5 Å². The smallest absolute Gasteiger partial charge is 0.322 e. The summed E-state index contributed by atoms with van der Waals surface area (Å²) < 4.78 is 4.98. The first-order valence-corrected chi connectivity index (χ1v) is 3.77. The number of alkyl halides is 1. The number of hydrogen-bond acceptors (Lipinski definition) is 3. The van der Waals surface area contributed by atoms with Gasteiger partial charge >= 0.3 is 5.97 Å². The standard InChI is InChI=1S/C6H12ClNO3/c1-4(2-7)11-3-5(8)6(9)10/h4-5H,2-3,8H2,1H3,(H,9,10). The van der Waals surface area contributed by atoms with Gasteiger partial charge in [-0.3, -0.25) is 4.79 Å². The van der Waals surface area contributed by atoms with Crippen LogP contribution in [-0.2, 0) is 9.53 Å². The fourth-order valence-electron chi connectivity index (χ4n) is 0.384. The van der Waals surface area contributed by atoms with Gasteiger partial charge in [0.25, 0.3) is 0 Å². The van der Waals surface area contributed by atoms with Crippen molar-refractivity contribution in [1.82, 2.24) is 0 Å². The number of nitrogens with two attached hydrogens (primary N) is 1. The van der Waals surface area contributed by atoms with Crippen LogP contribution in [0.25, 0.3) is 0 Å². The summed E-state index contributed by atoms with van der Waals surface area (Å²) in [6.45, 7) is 1.75. The molecule has 0 bridgehead atoms. The minimum Gasteiger partial charge on any atom is -0.480 e. The number of aliphatic carboxylic acids is 1. The average Bonchev–Trinajstić information content (AvgIpc) is 1.99. The van der Waals surface area contributed by atoms with Gasteiger partial charge in [-0.1, -0.05) is 0 Å². The second-order valence-corrected chi connectivity index (χ2v) is 2.55. The highest BCUT2D eigenvalue weighted by Crippen LogP contribution is 1.94. The largest absolute Gasteiger partial charge is 0.480 e. The van der Waals surface area contributed by atoms with Crippen LogP contribution in [0.3, 0.4) is 0 Å². The van der Waals surface area contributed by atoms with Crippen LogP contribution >= 0.6 is 11.6 Å². The van der Waals surface area contributed by atoms with Crippen molar-refractivity contribution >= 4 is 17.6 Å². The fraction of sp³-hybridized carbons (Fsp3) is 0.833. The highest BCUT2D eigenvalue weighted by molar-refractivity contribution is 6.18. The van der Waals surface area contributed by atoms with Gasteiger partial charge in [0.15, 0.2) is 0 Å². The van der Waals surface area contributed by atoms with E-state index in [-0.39, 0.29) is 12.7 Å². The quantitative estimate of drug-likeness (QED) is 0.588. The molecule has 0 rings (SSSR count). The van der Waals surface area contributed by atoms with Crippen LogP contribution in [-0.4, -0.2) is 35.7 Å². The molecule has 0 aliphatic carbocycles. The van der Waals surface area contributed by atoms with Gasteiger partial charge in [-0.05, 0) is 6.92 Å². The summed E-state index contributed by atoms with van der Waals surface area (Å²) in [4.78, 5) is 10.2. The molecule has 0 amide bonds. The van der Waals surface area contributed by atoms with Crippen LogP contribution in [0, 0.1) is 0 Å². The first-order valence-electron chi connectivity index (χ1n) is 3.24. The van der Waals surface area contributed by atoms with E-state index in [1.165, 1.54) is 0 Å². The van der Waals surface area contributed by atoms with E-state index in [0.717, 1.165) is 0 Å². The third kappa shape index (κ3) is 5.01. The zero-order valence-electron chi connectivity index (χ0n) is 6.29. The Morgan fingerprint density at radius 1 is 1.82 bits per heavy atom.